The Morgan fingerprint density at radius 1 is 1.41 bits per heavy atom. The monoisotopic (exact) mass is 242 g/mol. The third-order valence-electron chi connectivity index (χ3n) is 3.24. The first-order chi connectivity index (χ1) is 8.04. The molecule has 1 rings (SSSR count). The maximum absolute atomic E-state index is 11.8. The fourth-order valence-electron chi connectivity index (χ4n) is 2.00. The number of carbonyl (C=O) groups excluding carboxylic acids is 1. The van der Waals surface area contributed by atoms with Crippen LogP contribution in [0.15, 0.2) is 0 Å². The van der Waals surface area contributed by atoms with E-state index >= 15 is 0 Å². The number of hydrogen-bond donors (Lipinski definition) is 2. The van der Waals surface area contributed by atoms with Crippen molar-refractivity contribution in [2.24, 2.45) is 5.92 Å². The fourth-order valence-corrected chi connectivity index (χ4v) is 2.00. The summed E-state index contributed by atoms with van der Waals surface area (Å²) < 4.78 is 0. The smallest absolute Gasteiger partial charge is 0.326 e. The molecule has 0 spiro atoms. The number of rotatable bonds is 4. The summed E-state index contributed by atoms with van der Waals surface area (Å²) in [4.78, 5) is 24.5. The molecule has 1 unspecified atom stereocenters. The van der Waals surface area contributed by atoms with Crippen molar-refractivity contribution in [3.8, 4) is 0 Å². The first kappa shape index (κ1) is 13.8. The van der Waals surface area contributed by atoms with Gasteiger partial charge in [-0.1, -0.05) is 20.3 Å². The number of piperidine rings is 1. The van der Waals surface area contributed by atoms with Crippen LogP contribution in [0.25, 0.3) is 0 Å². The first-order valence-corrected chi connectivity index (χ1v) is 6.32. The van der Waals surface area contributed by atoms with Gasteiger partial charge in [0.25, 0.3) is 0 Å². The average molecular weight is 242 g/mol. The number of carboxylic acid groups (broad SMARTS) is 1. The number of aliphatic carboxylic acids is 1. The molecule has 1 atom stereocenters. The summed E-state index contributed by atoms with van der Waals surface area (Å²) in [6.45, 7) is 5.54. The minimum atomic E-state index is -0.953. The molecule has 0 aliphatic carbocycles. The van der Waals surface area contributed by atoms with E-state index in [1.54, 1.807) is 4.90 Å². The highest BCUT2D eigenvalue weighted by atomic mass is 16.4. The van der Waals surface area contributed by atoms with E-state index < -0.39 is 12.0 Å². The van der Waals surface area contributed by atoms with Gasteiger partial charge in [-0.15, -0.1) is 0 Å². The molecule has 1 saturated heterocycles. The second-order valence-corrected chi connectivity index (χ2v) is 4.80. The standard InChI is InChI=1S/C12H22N2O3/c1-3-4-10(11(15)16)13-12(17)14-7-5-9(2)6-8-14/h9-10H,3-8H2,1-2H3,(H,13,17)(H,15,16). The van der Waals surface area contributed by atoms with Gasteiger partial charge in [-0.2, -0.15) is 0 Å². The molecule has 0 aromatic rings. The quantitative estimate of drug-likeness (QED) is 0.788. The minimum absolute atomic E-state index is 0.238. The Morgan fingerprint density at radius 3 is 2.47 bits per heavy atom. The van der Waals surface area contributed by atoms with Crippen molar-refractivity contribution in [2.75, 3.05) is 13.1 Å². The molecule has 5 nitrogen and oxygen atoms in total. The van der Waals surface area contributed by atoms with Crippen LogP contribution >= 0.6 is 0 Å². The van der Waals surface area contributed by atoms with Gasteiger partial charge in [-0.3, -0.25) is 0 Å². The van der Waals surface area contributed by atoms with Gasteiger partial charge in [-0.25, -0.2) is 9.59 Å². The molecule has 0 aromatic heterocycles. The summed E-state index contributed by atoms with van der Waals surface area (Å²) in [5.74, 6) is -0.296. The summed E-state index contributed by atoms with van der Waals surface area (Å²) in [6.07, 6.45) is 3.22. The van der Waals surface area contributed by atoms with Crippen LogP contribution < -0.4 is 5.32 Å². The first-order valence-electron chi connectivity index (χ1n) is 6.32. The Morgan fingerprint density at radius 2 is 2.00 bits per heavy atom. The predicted octanol–water partition coefficient (Wildman–Crippen LogP) is 1.68. The van der Waals surface area contributed by atoms with E-state index in [2.05, 4.69) is 12.2 Å². The highest BCUT2D eigenvalue weighted by molar-refractivity contribution is 5.82. The van der Waals surface area contributed by atoms with Crippen molar-refractivity contribution in [1.29, 1.82) is 0 Å². The Hall–Kier alpha value is -1.26. The molecule has 1 aliphatic rings. The van der Waals surface area contributed by atoms with E-state index in [-0.39, 0.29) is 6.03 Å². The molecule has 0 radical (unpaired) electrons. The lowest BCUT2D eigenvalue weighted by atomic mass is 9.99. The van der Waals surface area contributed by atoms with Crippen LogP contribution in [-0.4, -0.2) is 41.1 Å². The summed E-state index contributed by atoms with van der Waals surface area (Å²) >= 11 is 0. The maximum atomic E-state index is 11.8. The molecule has 0 saturated carbocycles. The topological polar surface area (TPSA) is 69.6 Å². The van der Waals surface area contributed by atoms with Crippen molar-refractivity contribution in [1.82, 2.24) is 10.2 Å². The lowest BCUT2D eigenvalue weighted by molar-refractivity contribution is -0.139. The minimum Gasteiger partial charge on any atom is -0.480 e. The Kier molecular flexibility index (Phi) is 5.25. The molecular formula is C12H22N2O3. The zero-order chi connectivity index (χ0) is 12.8. The van der Waals surface area contributed by atoms with Crippen molar-refractivity contribution in [3.05, 3.63) is 0 Å². The van der Waals surface area contributed by atoms with Crippen molar-refractivity contribution in [3.63, 3.8) is 0 Å². The van der Waals surface area contributed by atoms with E-state index in [0.717, 1.165) is 32.4 Å². The summed E-state index contributed by atoms with van der Waals surface area (Å²) in [5.41, 5.74) is 0. The maximum Gasteiger partial charge on any atom is 0.326 e. The van der Waals surface area contributed by atoms with Crippen LogP contribution in [0.3, 0.4) is 0 Å². The molecule has 0 bridgehead atoms. The number of amides is 2. The highest BCUT2D eigenvalue weighted by Gasteiger charge is 2.24. The van der Waals surface area contributed by atoms with Gasteiger partial charge in [-0.05, 0) is 25.2 Å². The van der Waals surface area contributed by atoms with E-state index in [0.29, 0.717) is 12.3 Å². The van der Waals surface area contributed by atoms with E-state index in [1.807, 2.05) is 6.92 Å². The molecule has 1 aliphatic heterocycles. The Labute approximate surface area is 102 Å². The number of nitrogens with one attached hydrogen (secondary N) is 1. The third kappa shape index (κ3) is 4.24. The Balaban J connectivity index is 2.44. The van der Waals surface area contributed by atoms with Crippen LogP contribution in [-0.2, 0) is 4.79 Å². The number of urea groups is 1. The van der Waals surface area contributed by atoms with Crippen molar-refractivity contribution in [2.45, 2.75) is 45.6 Å². The largest absolute Gasteiger partial charge is 0.480 e. The normalized spacial score (nSPS) is 18.8. The van der Waals surface area contributed by atoms with Gasteiger partial charge in [0, 0.05) is 13.1 Å². The van der Waals surface area contributed by atoms with Crippen LogP contribution in [0.4, 0.5) is 4.79 Å². The van der Waals surface area contributed by atoms with Crippen molar-refractivity contribution >= 4 is 12.0 Å². The SMILES string of the molecule is CCCC(NC(=O)N1CCC(C)CC1)C(=O)O. The van der Waals surface area contributed by atoms with Gasteiger partial charge in [0.1, 0.15) is 6.04 Å². The number of nitrogens with zero attached hydrogens (tertiary/aromatic N) is 1. The molecule has 2 amide bonds. The zero-order valence-corrected chi connectivity index (χ0v) is 10.6. The number of carbonyl (C=O) groups is 2. The van der Waals surface area contributed by atoms with Crippen LogP contribution in [0.2, 0.25) is 0 Å². The summed E-state index contributed by atoms with van der Waals surface area (Å²) in [6, 6.07) is -0.996. The molecule has 0 aromatic carbocycles. The van der Waals surface area contributed by atoms with Gasteiger partial charge < -0.3 is 15.3 Å². The summed E-state index contributed by atoms with van der Waals surface area (Å²) in [5, 5.41) is 11.5. The fraction of sp³-hybridized carbons (Fsp3) is 0.833. The van der Waals surface area contributed by atoms with Crippen LogP contribution in [0.1, 0.15) is 39.5 Å². The second-order valence-electron chi connectivity index (χ2n) is 4.80. The Bertz CT molecular complexity index is 273. The predicted molar refractivity (Wildman–Crippen MR) is 64.8 cm³/mol. The van der Waals surface area contributed by atoms with Crippen molar-refractivity contribution < 1.29 is 14.7 Å². The summed E-state index contributed by atoms with van der Waals surface area (Å²) in [7, 11) is 0. The second kappa shape index (κ2) is 6.47. The number of carboxylic acids is 1. The number of likely N-dealkylation sites (tertiary alicyclic amines) is 1. The lowest BCUT2D eigenvalue weighted by Gasteiger charge is -2.31. The number of hydrogen-bond acceptors (Lipinski definition) is 2. The van der Waals surface area contributed by atoms with E-state index in [1.165, 1.54) is 0 Å². The molecule has 17 heavy (non-hydrogen) atoms. The van der Waals surface area contributed by atoms with Gasteiger partial charge in [0.05, 0.1) is 0 Å². The zero-order valence-electron chi connectivity index (χ0n) is 10.6. The molecule has 1 heterocycles. The molecule has 2 N–H and O–H groups in total. The van der Waals surface area contributed by atoms with Gasteiger partial charge in [0.2, 0.25) is 0 Å². The third-order valence-corrected chi connectivity index (χ3v) is 3.24. The lowest BCUT2D eigenvalue weighted by Crippen LogP contribution is -2.50. The molecule has 5 heteroatoms. The van der Waals surface area contributed by atoms with Crippen LogP contribution in [0, 0.1) is 5.92 Å². The van der Waals surface area contributed by atoms with E-state index in [4.69, 9.17) is 5.11 Å². The van der Waals surface area contributed by atoms with E-state index in [9.17, 15) is 9.59 Å². The van der Waals surface area contributed by atoms with Gasteiger partial charge >= 0.3 is 12.0 Å². The van der Waals surface area contributed by atoms with Crippen LogP contribution in [0.5, 0.6) is 0 Å². The molecular weight excluding hydrogens is 220 g/mol. The molecule has 1 fully saturated rings. The highest BCUT2D eigenvalue weighted by Crippen LogP contribution is 2.16. The average Bonchev–Trinajstić information content (AvgIpc) is 2.29. The molecule has 98 valence electrons. The van der Waals surface area contributed by atoms with Gasteiger partial charge in [0.15, 0.2) is 0 Å².